The Balaban J connectivity index is 2.21. The number of ether oxygens (including phenoxy) is 1. The summed E-state index contributed by atoms with van der Waals surface area (Å²) < 4.78 is 5.55. The summed E-state index contributed by atoms with van der Waals surface area (Å²) in [6.07, 6.45) is 0. The Hall–Kier alpha value is -2.82. The summed E-state index contributed by atoms with van der Waals surface area (Å²) in [4.78, 5) is 8.59. The fourth-order valence-electron chi connectivity index (χ4n) is 2.82. The topological polar surface area (TPSA) is 73.1 Å². The van der Waals surface area contributed by atoms with Gasteiger partial charge in [0.1, 0.15) is 11.6 Å². The molecule has 3 aromatic rings. The van der Waals surface area contributed by atoms with E-state index in [2.05, 4.69) is 47.3 Å². The van der Waals surface area contributed by atoms with Crippen molar-refractivity contribution in [2.75, 3.05) is 25.2 Å². The number of aromatic nitrogens is 2. The quantitative estimate of drug-likeness (QED) is 0.758. The van der Waals surface area contributed by atoms with E-state index in [9.17, 15) is 0 Å². The zero-order chi connectivity index (χ0) is 17.3. The van der Waals surface area contributed by atoms with Crippen molar-refractivity contribution in [1.82, 2.24) is 9.97 Å². The molecule has 0 saturated heterocycles. The van der Waals surface area contributed by atoms with Crippen molar-refractivity contribution in [2.45, 2.75) is 19.8 Å². The van der Waals surface area contributed by atoms with Crippen LogP contribution in [0.1, 0.15) is 25.3 Å². The first-order valence-corrected chi connectivity index (χ1v) is 7.96. The van der Waals surface area contributed by atoms with Crippen LogP contribution in [0.5, 0.6) is 5.75 Å². The van der Waals surface area contributed by atoms with E-state index in [0.717, 1.165) is 33.6 Å². The van der Waals surface area contributed by atoms with E-state index in [0.29, 0.717) is 5.92 Å². The van der Waals surface area contributed by atoms with Gasteiger partial charge in [-0.05, 0) is 41.3 Å². The predicted molar refractivity (Wildman–Crippen MR) is 99.6 cm³/mol. The number of nitrogens with zero attached hydrogens (tertiary/aromatic N) is 2. The molecular formula is C19H22N4O. The van der Waals surface area contributed by atoms with Crippen LogP contribution in [0.25, 0.3) is 22.0 Å². The van der Waals surface area contributed by atoms with E-state index in [1.165, 1.54) is 5.56 Å². The van der Waals surface area contributed by atoms with Gasteiger partial charge in [-0.25, -0.2) is 4.98 Å². The Labute approximate surface area is 141 Å². The lowest BCUT2D eigenvalue weighted by Gasteiger charge is -2.14. The monoisotopic (exact) mass is 322 g/mol. The van der Waals surface area contributed by atoms with Gasteiger partial charge in [0.05, 0.1) is 12.6 Å². The molecule has 24 heavy (non-hydrogen) atoms. The number of hydrogen-bond acceptors (Lipinski definition) is 5. The fraction of sp³-hybridized carbons (Fsp3) is 0.263. The molecule has 3 N–H and O–H groups in total. The van der Waals surface area contributed by atoms with Crippen molar-refractivity contribution in [3.8, 4) is 16.9 Å². The van der Waals surface area contributed by atoms with Gasteiger partial charge in [0.15, 0.2) is 0 Å². The van der Waals surface area contributed by atoms with Gasteiger partial charge in [-0.3, -0.25) is 0 Å². The maximum Gasteiger partial charge on any atom is 0.222 e. The lowest BCUT2D eigenvalue weighted by molar-refractivity contribution is 0.416. The number of methoxy groups -OCH3 is 1. The number of benzene rings is 2. The summed E-state index contributed by atoms with van der Waals surface area (Å²) in [5, 5.41) is 4.00. The van der Waals surface area contributed by atoms with E-state index >= 15 is 0 Å². The Morgan fingerprint density at radius 3 is 2.54 bits per heavy atom. The third kappa shape index (κ3) is 2.85. The number of nitrogen functional groups attached to an aromatic ring is 1. The zero-order valence-corrected chi connectivity index (χ0v) is 14.4. The average molecular weight is 322 g/mol. The maximum atomic E-state index is 5.82. The standard InChI is InChI=1S/C19H22N4O/c1-11(2)12-6-8-17(24-4)15(9-12)13-5-7-14-16(10-13)22-19(20)23-18(14)21-3/h5-11H,1-4H3,(H3,20,21,22,23). The van der Waals surface area contributed by atoms with Crippen molar-refractivity contribution in [3.05, 3.63) is 42.0 Å². The molecule has 0 saturated carbocycles. The molecule has 5 nitrogen and oxygen atoms in total. The Morgan fingerprint density at radius 2 is 1.88 bits per heavy atom. The summed E-state index contributed by atoms with van der Waals surface area (Å²) in [6.45, 7) is 4.36. The minimum absolute atomic E-state index is 0.256. The molecular weight excluding hydrogens is 300 g/mol. The summed E-state index contributed by atoms with van der Waals surface area (Å²) in [6, 6.07) is 12.4. The first-order valence-electron chi connectivity index (χ1n) is 7.96. The van der Waals surface area contributed by atoms with Crippen LogP contribution in [-0.2, 0) is 0 Å². The van der Waals surface area contributed by atoms with Crippen molar-refractivity contribution in [3.63, 3.8) is 0 Å². The Bertz CT molecular complexity index is 890. The van der Waals surface area contributed by atoms with Crippen LogP contribution in [0.3, 0.4) is 0 Å². The lowest BCUT2D eigenvalue weighted by atomic mass is 9.96. The van der Waals surface area contributed by atoms with Crippen molar-refractivity contribution < 1.29 is 4.74 Å². The molecule has 0 radical (unpaired) electrons. The minimum Gasteiger partial charge on any atom is -0.496 e. The van der Waals surface area contributed by atoms with Crippen LogP contribution in [0, 0.1) is 0 Å². The molecule has 0 aliphatic heterocycles. The van der Waals surface area contributed by atoms with E-state index in [1.807, 2.05) is 25.2 Å². The molecule has 0 spiro atoms. The number of fused-ring (bicyclic) bond motifs is 1. The van der Waals surface area contributed by atoms with Gasteiger partial charge in [-0.15, -0.1) is 0 Å². The van der Waals surface area contributed by atoms with Gasteiger partial charge in [-0.1, -0.05) is 26.0 Å². The molecule has 0 fully saturated rings. The van der Waals surface area contributed by atoms with E-state index in [4.69, 9.17) is 10.5 Å². The van der Waals surface area contributed by atoms with Gasteiger partial charge < -0.3 is 15.8 Å². The summed E-state index contributed by atoms with van der Waals surface area (Å²) in [5.41, 5.74) is 9.99. The average Bonchev–Trinajstić information content (AvgIpc) is 2.59. The minimum atomic E-state index is 0.256. The Kier molecular flexibility index (Phi) is 4.25. The molecule has 0 aliphatic rings. The molecule has 0 aliphatic carbocycles. The Morgan fingerprint density at radius 1 is 1.08 bits per heavy atom. The van der Waals surface area contributed by atoms with Crippen LogP contribution < -0.4 is 15.8 Å². The molecule has 0 unspecified atom stereocenters. The van der Waals surface area contributed by atoms with Gasteiger partial charge >= 0.3 is 0 Å². The molecule has 1 heterocycles. The number of nitrogens with one attached hydrogen (secondary N) is 1. The van der Waals surface area contributed by atoms with E-state index in [-0.39, 0.29) is 5.95 Å². The number of hydrogen-bond donors (Lipinski definition) is 2. The third-order valence-electron chi connectivity index (χ3n) is 4.15. The molecule has 5 heteroatoms. The van der Waals surface area contributed by atoms with Gasteiger partial charge in [0.2, 0.25) is 5.95 Å². The SMILES string of the molecule is CNc1nc(N)nc2cc(-c3cc(C(C)C)ccc3OC)ccc12. The summed E-state index contributed by atoms with van der Waals surface area (Å²) >= 11 is 0. The molecule has 124 valence electrons. The van der Waals surface area contributed by atoms with Crippen molar-refractivity contribution in [1.29, 1.82) is 0 Å². The second-order valence-corrected chi connectivity index (χ2v) is 6.03. The van der Waals surface area contributed by atoms with Crippen molar-refractivity contribution in [2.24, 2.45) is 0 Å². The molecule has 1 aromatic heterocycles. The highest BCUT2D eigenvalue weighted by molar-refractivity contribution is 5.93. The summed E-state index contributed by atoms with van der Waals surface area (Å²) in [7, 11) is 3.51. The molecule has 2 aromatic carbocycles. The normalized spacial score (nSPS) is 11.0. The molecule has 0 amide bonds. The number of rotatable bonds is 4. The maximum absolute atomic E-state index is 5.82. The highest BCUT2D eigenvalue weighted by atomic mass is 16.5. The van der Waals surface area contributed by atoms with Crippen LogP contribution in [0.4, 0.5) is 11.8 Å². The molecule has 3 rings (SSSR count). The lowest BCUT2D eigenvalue weighted by Crippen LogP contribution is -2.01. The second-order valence-electron chi connectivity index (χ2n) is 6.03. The van der Waals surface area contributed by atoms with E-state index in [1.54, 1.807) is 7.11 Å². The predicted octanol–water partition coefficient (Wildman–Crippen LogP) is 4.05. The van der Waals surface area contributed by atoms with Gasteiger partial charge in [-0.2, -0.15) is 4.98 Å². The smallest absolute Gasteiger partial charge is 0.222 e. The van der Waals surface area contributed by atoms with Gasteiger partial charge in [0.25, 0.3) is 0 Å². The number of nitrogens with two attached hydrogens (primary N) is 1. The first kappa shape index (κ1) is 16.1. The molecule has 0 bridgehead atoms. The molecule has 0 atom stereocenters. The highest BCUT2D eigenvalue weighted by Gasteiger charge is 2.12. The first-order chi connectivity index (χ1) is 11.5. The highest BCUT2D eigenvalue weighted by Crippen LogP contribution is 2.35. The number of anilines is 2. The van der Waals surface area contributed by atoms with Crippen LogP contribution >= 0.6 is 0 Å². The van der Waals surface area contributed by atoms with E-state index < -0.39 is 0 Å². The van der Waals surface area contributed by atoms with Crippen LogP contribution in [0.15, 0.2) is 36.4 Å². The van der Waals surface area contributed by atoms with Crippen LogP contribution in [0.2, 0.25) is 0 Å². The fourth-order valence-corrected chi connectivity index (χ4v) is 2.82. The largest absolute Gasteiger partial charge is 0.496 e. The third-order valence-corrected chi connectivity index (χ3v) is 4.15. The second kappa shape index (κ2) is 6.35. The van der Waals surface area contributed by atoms with Crippen LogP contribution in [-0.4, -0.2) is 24.1 Å². The summed E-state index contributed by atoms with van der Waals surface area (Å²) in [5.74, 6) is 2.28. The zero-order valence-electron chi connectivity index (χ0n) is 14.4. The van der Waals surface area contributed by atoms with Gasteiger partial charge in [0, 0.05) is 18.0 Å². The van der Waals surface area contributed by atoms with Crippen molar-refractivity contribution >= 4 is 22.7 Å².